The number of rotatable bonds is 6. The molecule has 0 bridgehead atoms. The summed E-state index contributed by atoms with van der Waals surface area (Å²) in [6.07, 6.45) is 7.21. The van der Waals surface area contributed by atoms with Crippen LogP contribution in [0.25, 0.3) is 89.0 Å². The van der Waals surface area contributed by atoms with Gasteiger partial charge in [-0.05, 0) is 115 Å². The highest BCUT2D eigenvalue weighted by molar-refractivity contribution is 6.36. The van der Waals surface area contributed by atoms with Crippen LogP contribution in [0.5, 0.6) is 0 Å². The maximum atomic E-state index is 13.0. The van der Waals surface area contributed by atoms with E-state index in [0.29, 0.717) is 89.4 Å². The maximum Gasteiger partial charge on any atom is 0.191 e. The van der Waals surface area contributed by atoms with Gasteiger partial charge in [0, 0.05) is 65.2 Å². The smallest absolute Gasteiger partial charge is 0.191 e. The van der Waals surface area contributed by atoms with E-state index in [1.165, 1.54) is 12.1 Å². The molecule has 0 unspecified atom stereocenters. The minimum Gasteiger partial charge on any atom is -0.460 e. The quantitative estimate of drug-likeness (QED) is 0.169. The van der Waals surface area contributed by atoms with Gasteiger partial charge in [0.2, 0.25) is 0 Å². The van der Waals surface area contributed by atoms with Crippen LogP contribution in [0.3, 0.4) is 0 Å². The second-order valence-electron chi connectivity index (χ2n) is 14.4. The van der Waals surface area contributed by atoms with Crippen molar-refractivity contribution in [2.75, 3.05) is 0 Å². The van der Waals surface area contributed by atoms with E-state index in [0.717, 1.165) is 44.3 Å². The van der Waals surface area contributed by atoms with Gasteiger partial charge in [0.25, 0.3) is 0 Å². The van der Waals surface area contributed by atoms with Crippen LogP contribution < -0.4 is 10.9 Å². The van der Waals surface area contributed by atoms with Crippen LogP contribution in [0.2, 0.25) is 10.0 Å². The molecule has 0 fully saturated rings. The summed E-state index contributed by atoms with van der Waals surface area (Å²) in [5.41, 5.74) is 8.86. The summed E-state index contributed by atoms with van der Waals surface area (Å²) >= 11 is 13.7. The molecule has 0 amide bonds. The molecule has 2 aromatic carbocycles. The van der Waals surface area contributed by atoms with Gasteiger partial charge in [-0.25, -0.2) is 9.97 Å². The van der Waals surface area contributed by atoms with Crippen molar-refractivity contribution in [3.63, 3.8) is 0 Å². The fourth-order valence-electron chi connectivity index (χ4n) is 7.61. The predicted molar refractivity (Wildman–Crippen MR) is 229 cm³/mol. The van der Waals surface area contributed by atoms with E-state index in [1.54, 1.807) is 18.6 Å². The third kappa shape index (κ3) is 6.05. The standard InChI is InChI=1S/C46H30Cl2N6O4/c1-22-6-9-49-42-30(22)15-28(17-36(42)48)32-20-34-38(56)8-11-51-46(34)54-44(32)40-18-26(24(3)58-40)12-25-13-29-14-27(16-35(47)41(29)52-21-25)31-19-33-37(55)7-10-50-45(33)53-43(31)39-5-4-23(2)57-39/h4-11,13-21H,12H2,1-3H3,(H,50,53,55)(H,51,54,56). The summed E-state index contributed by atoms with van der Waals surface area (Å²) in [7, 11) is 0. The Balaban J connectivity index is 1.07. The average Bonchev–Trinajstić information content (AvgIpc) is 3.82. The molecule has 0 saturated carbocycles. The van der Waals surface area contributed by atoms with Gasteiger partial charge >= 0.3 is 0 Å². The summed E-state index contributed by atoms with van der Waals surface area (Å²) in [5.74, 6) is 2.55. The summed E-state index contributed by atoms with van der Waals surface area (Å²) in [6.45, 7) is 5.80. The fourth-order valence-corrected chi connectivity index (χ4v) is 8.15. The average molecular weight is 802 g/mol. The molecular weight excluding hydrogens is 771 g/mol. The molecule has 8 aromatic heterocycles. The van der Waals surface area contributed by atoms with Crippen molar-refractivity contribution in [2.45, 2.75) is 27.2 Å². The highest BCUT2D eigenvalue weighted by Gasteiger charge is 2.21. The second-order valence-corrected chi connectivity index (χ2v) is 15.2. The van der Waals surface area contributed by atoms with Crippen molar-refractivity contribution >= 4 is 67.1 Å². The first-order chi connectivity index (χ1) is 28.1. The normalized spacial score (nSPS) is 11.7. The zero-order valence-electron chi connectivity index (χ0n) is 31.2. The highest BCUT2D eigenvalue weighted by Crippen LogP contribution is 2.40. The second kappa shape index (κ2) is 13.7. The molecular formula is C46H30Cl2N6O4. The number of H-pyrrole nitrogens is 2. The van der Waals surface area contributed by atoms with Crippen LogP contribution in [-0.4, -0.2) is 29.9 Å². The summed E-state index contributed by atoms with van der Waals surface area (Å²) in [6, 6.07) is 24.1. The lowest BCUT2D eigenvalue weighted by Gasteiger charge is -2.12. The van der Waals surface area contributed by atoms with Crippen molar-refractivity contribution in [1.82, 2.24) is 29.9 Å². The first kappa shape index (κ1) is 35.5. The van der Waals surface area contributed by atoms with Crippen molar-refractivity contribution in [2.24, 2.45) is 0 Å². The van der Waals surface area contributed by atoms with Crippen molar-refractivity contribution < 1.29 is 8.83 Å². The van der Waals surface area contributed by atoms with E-state index in [9.17, 15) is 9.59 Å². The molecule has 10 rings (SSSR count). The third-order valence-electron chi connectivity index (χ3n) is 10.5. The lowest BCUT2D eigenvalue weighted by molar-refractivity contribution is 0.543. The van der Waals surface area contributed by atoms with Gasteiger partial charge < -0.3 is 18.8 Å². The number of hydrogen-bond donors (Lipinski definition) is 2. The monoisotopic (exact) mass is 800 g/mol. The zero-order chi connectivity index (χ0) is 39.8. The van der Waals surface area contributed by atoms with Crippen molar-refractivity contribution in [3.8, 4) is 45.2 Å². The number of nitrogens with one attached hydrogen (secondary N) is 2. The lowest BCUT2D eigenvalue weighted by Crippen LogP contribution is -2.03. The van der Waals surface area contributed by atoms with Crippen LogP contribution in [0.4, 0.5) is 0 Å². The number of nitrogens with zero attached hydrogens (tertiary/aromatic N) is 4. The maximum absolute atomic E-state index is 13.0. The van der Waals surface area contributed by atoms with Gasteiger partial charge in [0.05, 0.1) is 31.9 Å². The van der Waals surface area contributed by atoms with E-state index in [-0.39, 0.29) is 10.9 Å². The molecule has 8 heterocycles. The van der Waals surface area contributed by atoms with Gasteiger partial charge in [-0.2, -0.15) is 0 Å². The topological polar surface area (TPSA) is 144 Å². The minimum atomic E-state index is -0.153. The Bertz CT molecular complexity index is 3460. The lowest BCUT2D eigenvalue weighted by atomic mass is 9.97. The van der Waals surface area contributed by atoms with E-state index < -0.39 is 0 Å². The number of halogens is 2. The summed E-state index contributed by atoms with van der Waals surface area (Å²) < 4.78 is 12.5. The Kier molecular flexibility index (Phi) is 8.36. The molecule has 0 spiro atoms. The molecule has 10 nitrogen and oxygen atoms in total. The number of aromatic nitrogens is 6. The van der Waals surface area contributed by atoms with Gasteiger partial charge in [0.1, 0.15) is 34.2 Å². The van der Waals surface area contributed by atoms with Crippen molar-refractivity contribution in [3.05, 3.63) is 162 Å². The first-order valence-corrected chi connectivity index (χ1v) is 19.2. The third-order valence-corrected chi connectivity index (χ3v) is 11.1. The van der Waals surface area contributed by atoms with Crippen LogP contribution in [0, 0.1) is 20.8 Å². The molecule has 0 atom stereocenters. The van der Waals surface area contributed by atoms with E-state index in [4.69, 9.17) is 47.0 Å². The molecule has 58 heavy (non-hydrogen) atoms. The summed E-state index contributed by atoms with van der Waals surface area (Å²) in [5, 5.41) is 3.55. The van der Waals surface area contributed by atoms with Crippen molar-refractivity contribution in [1.29, 1.82) is 0 Å². The SMILES string of the molecule is Cc1ccc(-c2nc3[nH]ccc(=O)c3cc2-c2cc(Cl)c3ncc(Cc4cc(-c5nc6[nH]ccc(=O)c6cc5-c5cc(Cl)c6nccc(C)c6c5)oc4C)cc3c2)o1. The predicted octanol–water partition coefficient (Wildman–Crippen LogP) is 10.9. The number of fused-ring (bicyclic) bond motifs is 4. The largest absolute Gasteiger partial charge is 0.460 e. The molecule has 282 valence electrons. The Morgan fingerprint density at radius 1 is 0.638 bits per heavy atom. The van der Waals surface area contributed by atoms with Crippen LogP contribution in [-0.2, 0) is 6.42 Å². The Morgan fingerprint density at radius 3 is 1.97 bits per heavy atom. The molecule has 10 aromatic rings. The van der Waals surface area contributed by atoms with E-state index in [1.807, 2.05) is 87.6 Å². The molecule has 0 aliphatic rings. The molecule has 0 aliphatic heterocycles. The van der Waals surface area contributed by atoms with Gasteiger partial charge in [0.15, 0.2) is 22.4 Å². The van der Waals surface area contributed by atoms with Gasteiger partial charge in [-0.15, -0.1) is 0 Å². The number of furan rings is 2. The number of aryl methyl sites for hydroxylation is 3. The van der Waals surface area contributed by atoms with Crippen LogP contribution >= 0.6 is 23.2 Å². The Labute approximate surface area is 339 Å². The number of aromatic amines is 2. The molecule has 0 radical (unpaired) electrons. The number of hydrogen-bond acceptors (Lipinski definition) is 8. The van der Waals surface area contributed by atoms with Crippen LogP contribution in [0.15, 0.2) is 122 Å². The van der Waals surface area contributed by atoms with Gasteiger partial charge in [-0.3, -0.25) is 19.6 Å². The molecule has 12 heteroatoms. The van der Waals surface area contributed by atoms with Gasteiger partial charge in [-0.1, -0.05) is 23.2 Å². The van der Waals surface area contributed by atoms with E-state index >= 15 is 0 Å². The van der Waals surface area contributed by atoms with Crippen LogP contribution in [0.1, 0.15) is 28.2 Å². The fraction of sp³-hybridized carbons (Fsp3) is 0.0870. The number of benzene rings is 2. The molecule has 0 saturated heterocycles. The zero-order valence-corrected chi connectivity index (χ0v) is 32.7. The Hall–Kier alpha value is -6.88. The number of pyridine rings is 6. The molecule has 0 aliphatic carbocycles. The molecule has 2 N–H and O–H groups in total. The minimum absolute atomic E-state index is 0.150. The highest BCUT2D eigenvalue weighted by atomic mass is 35.5. The summed E-state index contributed by atoms with van der Waals surface area (Å²) in [4.78, 5) is 51.2. The Morgan fingerprint density at radius 2 is 1.29 bits per heavy atom. The van der Waals surface area contributed by atoms with E-state index in [2.05, 4.69) is 21.0 Å². The first-order valence-electron chi connectivity index (χ1n) is 18.4.